The molecule has 0 spiro atoms. The Hall–Kier alpha value is -0.423. The van der Waals surface area contributed by atoms with Gasteiger partial charge < -0.3 is 0 Å². The van der Waals surface area contributed by atoms with E-state index >= 15 is 0 Å². The summed E-state index contributed by atoms with van der Waals surface area (Å²) in [4.78, 5) is 0.424. The van der Waals surface area contributed by atoms with E-state index < -0.39 is 0 Å². The van der Waals surface area contributed by atoms with Crippen LogP contribution in [0.4, 0.5) is 4.39 Å². The Labute approximate surface area is 93.7 Å². The molecule has 0 aliphatic carbocycles. The molecular formula is C10H8FLiS. The molecule has 0 aromatic heterocycles. The number of halogens is 1. The summed E-state index contributed by atoms with van der Waals surface area (Å²) >= 11 is 4.09. The zero-order chi connectivity index (χ0) is 8.55. The van der Waals surface area contributed by atoms with Gasteiger partial charge in [0.25, 0.3) is 0 Å². The van der Waals surface area contributed by atoms with E-state index in [0.717, 1.165) is 10.8 Å². The van der Waals surface area contributed by atoms with Gasteiger partial charge in [0.05, 0.1) is 0 Å². The molecule has 3 heteroatoms. The van der Waals surface area contributed by atoms with E-state index in [-0.39, 0.29) is 24.7 Å². The first kappa shape index (κ1) is 10.7. The van der Waals surface area contributed by atoms with E-state index in [1.807, 2.05) is 24.3 Å². The van der Waals surface area contributed by atoms with E-state index in [1.165, 1.54) is 6.07 Å². The van der Waals surface area contributed by atoms with Crippen LogP contribution in [0, 0.1) is 5.82 Å². The van der Waals surface area contributed by atoms with Crippen molar-refractivity contribution in [3.63, 3.8) is 0 Å². The van der Waals surface area contributed by atoms with Gasteiger partial charge >= 0.3 is 18.9 Å². The van der Waals surface area contributed by atoms with Crippen LogP contribution in [0.2, 0.25) is 0 Å². The topological polar surface area (TPSA) is 0 Å². The van der Waals surface area contributed by atoms with Crippen LogP contribution in [0.25, 0.3) is 10.8 Å². The van der Waals surface area contributed by atoms with Gasteiger partial charge in [-0.3, -0.25) is 0 Å². The number of hydrogen-bond donors (Lipinski definition) is 1. The number of hydrogen-bond acceptors (Lipinski definition) is 1. The molecule has 2 aromatic carbocycles. The molecule has 0 bridgehead atoms. The van der Waals surface area contributed by atoms with E-state index in [4.69, 9.17) is 0 Å². The summed E-state index contributed by atoms with van der Waals surface area (Å²) in [6.07, 6.45) is 0. The molecule has 0 heterocycles. The molecule has 2 aromatic rings. The summed E-state index contributed by atoms with van der Waals surface area (Å²) in [5, 5.41) is 1.88. The third kappa shape index (κ3) is 1.91. The van der Waals surface area contributed by atoms with Crippen LogP contribution >= 0.6 is 12.6 Å². The second-order valence-corrected chi connectivity index (χ2v) is 3.06. The second kappa shape index (κ2) is 4.19. The van der Waals surface area contributed by atoms with E-state index in [2.05, 4.69) is 12.6 Å². The molecular weight excluding hydrogens is 178 g/mol. The van der Waals surface area contributed by atoms with Crippen molar-refractivity contribution in [3.05, 3.63) is 42.2 Å². The van der Waals surface area contributed by atoms with Crippen molar-refractivity contribution in [3.8, 4) is 0 Å². The van der Waals surface area contributed by atoms with Gasteiger partial charge in [-0.2, -0.15) is 0 Å². The number of benzene rings is 2. The van der Waals surface area contributed by atoms with Crippen molar-refractivity contribution in [2.45, 2.75) is 4.90 Å². The minimum atomic E-state index is -0.267. The van der Waals surface area contributed by atoms with Crippen LogP contribution in [0.1, 0.15) is 0 Å². The van der Waals surface area contributed by atoms with E-state index in [0.29, 0.717) is 4.90 Å². The Kier molecular flexibility index (Phi) is 3.44. The van der Waals surface area contributed by atoms with Crippen LogP contribution in [-0.2, 0) is 0 Å². The normalized spacial score (nSPS) is 9.69. The van der Waals surface area contributed by atoms with Gasteiger partial charge in [0.2, 0.25) is 0 Å². The molecule has 0 saturated carbocycles. The fourth-order valence-electron chi connectivity index (χ4n) is 1.23. The Balaban J connectivity index is 0.000000845. The molecule has 2 rings (SSSR count). The molecule has 0 unspecified atom stereocenters. The molecule has 0 aliphatic heterocycles. The molecule has 0 saturated heterocycles. The minimum absolute atomic E-state index is 0. The summed E-state index contributed by atoms with van der Waals surface area (Å²) < 4.78 is 13.0. The Morgan fingerprint density at radius 3 is 2.46 bits per heavy atom. The fourth-order valence-corrected chi connectivity index (χ4v) is 1.51. The van der Waals surface area contributed by atoms with Gasteiger partial charge in [0.1, 0.15) is 5.82 Å². The van der Waals surface area contributed by atoms with Gasteiger partial charge in [-0.15, -0.1) is 12.6 Å². The predicted octanol–water partition coefficient (Wildman–Crippen LogP) is 2.62. The van der Waals surface area contributed by atoms with Crippen molar-refractivity contribution < 1.29 is 4.39 Å². The number of fused-ring (bicyclic) bond motifs is 1. The first-order valence-electron chi connectivity index (χ1n) is 3.65. The van der Waals surface area contributed by atoms with E-state index in [9.17, 15) is 4.39 Å². The molecule has 13 heavy (non-hydrogen) atoms. The van der Waals surface area contributed by atoms with Gasteiger partial charge in [-0.1, -0.05) is 30.3 Å². The maximum atomic E-state index is 13.0. The van der Waals surface area contributed by atoms with E-state index in [1.54, 1.807) is 6.07 Å². The van der Waals surface area contributed by atoms with Gasteiger partial charge in [-0.25, -0.2) is 4.39 Å². The third-order valence-electron chi connectivity index (χ3n) is 1.85. The maximum absolute atomic E-state index is 13.0. The quantitative estimate of drug-likeness (QED) is 0.474. The van der Waals surface area contributed by atoms with Crippen molar-refractivity contribution in [1.82, 2.24) is 0 Å². The molecule has 0 atom stereocenters. The number of thiol groups is 1. The molecule has 0 N–H and O–H groups in total. The van der Waals surface area contributed by atoms with Crippen molar-refractivity contribution in [1.29, 1.82) is 0 Å². The third-order valence-corrected chi connectivity index (χ3v) is 2.31. The number of rotatable bonds is 0. The zero-order valence-electron chi connectivity index (χ0n) is 6.29. The second-order valence-electron chi connectivity index (χ2n) is 2.62. The van der Waals surface area contributed by atoms with Crippen LogP contribution in [0.15, 0.2) is 41.3 Å². The Bertz CT molecular complexity index is 428. The van der Waals surface area contributed by atoms with Gasteiger partial charge in [0, 0.05) is 4.90 Å². The zero-order valence-corrected chi connectivity index (χ0v) is 7.18. The average Bonchev–Trinajstić information content (AvgIpc) is 2.12. The fraction of sp³-hybridized carbons (Fsp3) is 0. The van der Waals surface area contributed by atoms with Gasteiger partial charge in [0.15, 0.2) is 0 Å². The summed E-state index contributed by atoms with van der Waals surface area (Å²) in [5.41, 5.74) is 0. The SMILES string of the molecule is Fc1ccc2ccccc2c1S.[LiH]. The first-order valence-corrected chi connectivity index (χ1v) is 4.10. The monoisotopic (exact) mass is 186 g/mol. The van der Waals surface area contributed by atoms with Crippen LogP contribution in [0.3, 0.4) is 0 Å². The van der Waals surface area contributed by atoms with Crippen molar-refractivity contribution in [2.75, 3.05) is 0 Å². The van der Waals surface area contributed by atoms with Gasteiger partial charge in [-0.05, 0) is 16.8 Å². The Morgan fingerprint density at radius 2 is 1.69 bits per heavy atom. The summed E-state index contributed by atoms with van der Waals surface area (Å²) in [5.74, 6) is -0.267. The molecule has 0 nitrogen and oxygen atoms in total. The Morgan fingerprint density at radius 1 is 1.00 bits per heavy atom. The molecule has 0 amide bonds. The first-order chi connectivity index (χ1) is 5.79. The molecule has 0 fully saturated rings. The predicted molar refractivity (Wildman–Crippen MR) is 58.3 cm³/mol. The molecule has 62 valence electrons. The van der Waals surface area contributed by atoms with Crippen LogP contribution in [0.5, 0.6) is 0 Å². The van der Waals surface area contributed by atoms with Crippen LogP contribution < -0.4 is 0 Å². The molecule has 0 radical (unpaired) electrons. The van der Waals surface area contributed by atoms with Crippen molar-refractivity contribution >= 4 is 42.3 Å². The van der Waals surface area contributed by atoms with Crippen LogP contribution in [-0.4, -0.2) is 18.9 Å². The summed E-state index contributed by atoms with van der Waals surface area (Å²) in [7, 11) is 0. The average molecular weight is 186 g/mol. The summed E-state index contributed by atoms with van der Waals surface area (Å²) in [6.45, 7) is 0. The molecule has 0 aliphatic rings. The standard InChI is InChI=1S/C10H7FS.Li.H/c11-9-6-5-7-3-1-2-4-8(7)10(9)12;;/h1-6,12H;;. The van der Waals surface area contributed by atoms with Crippen molar-refractivity contribution in [2.24, 2.45) is 0 Å². The summed E-state index contributed by atoms with van der Waals surface area (Å²) in [6, 6.07) is 10.8.